The molecular weight excluding hydrogens is 400 g/mol. The van der Waals surface area contributed by atoms with Crippen molar-refractivity contribution in [1.29, 1.82) is 0 Å². The zero-order valence-corrected chi connectivity index (χ0v) is 17.4. The number of carbonyl (C=O) groups is 2. The van der Waals surface area contributed by atoms with Crippen molar-refractivity contribution in [2.75, 3.05) is 4.90 Å². The van der Waals surface area contributed by atoms with Crippen LogP contribution in [-0.4, -0.2) is 27.6 Å². The summed E-state index contributed by atoms with van der Waals surface area (Å²) < 4.78 is 1.19. The maximum absolute atomic E-state index is 13.1. The lowest BCUT2D eigenvalue weighted by Crippen LogP contribution is -2.38. The second-order valence-electron chi connectivity index (χ2n) is 7.24. The average Bonchev–Trinajstić information content (AvgIpc) is 3.38. The molecule has 8 heteroatoms. The molecule has 3 aromatic rings. The fourth-order valence-corrected chi connectivity index (χ4v) is 4.26. The van der Waals surface area contributed by atoms with Gasteiger partial charge in [0.25, 0.3) is 11.5 Å². The average molecular weight is 423 g/mol. The van der Waals surface area contributed by atoms with E-state index in [-0.39, 0.29) is 42.1 Å². The predicted molar refractivity (Wildman–Crippen MR) is 116 cm³/mol. The SMILES string of the molecule is C[C@@H]1Cc2ccccc2N1C(=O)c1ccc(=O)n(CCC(=O)NCc2cccs2)n1. The summed E-state index contributed by atoms with van der Waals surface area (Å²) in [5, 5.41) is 9.02. The molecule has 0 fully saturated rings. The van der Waals surface area contributed by atoms with Gasteiger partial charge in [0.1, 0.15) is 5.69 Å². The quantitative estimate of drug-likeness (QED) is 0.662. The van der Waals surface area contributed by atoms with Gasteiger partial charge in [-0.1, -0.05) is 24.3 Å². The van der Waals surface area contributed by atoms with Crippen LogP contribution in [0.5, 0.6) is 0 Å². The van der Waals surface area contributed by atoms with Crippen LogP contribution in [0.15, 0.2) is 58.7 Å². The van der Waals surface area contributed by atoms with Gasteiger partial charge >= 0.3 is 0 Å². The first-order valence-corrected chi connectivity index (χ1v) is 10.7. The first-order valence-electron chi connectivity index (χ1n) is 9.81. The molecule has 0 spiro atoms. The van der Waals surface area contributed by atoms with Crippen LogP contribution in [-0.2, 0) is 24.3 Å². The summed E-state index contributed by atoms with van der Waals surface area (Å²) in [5.41, 5.74) is 1.85. The van der Waals surface area contributed by atoms with Gasteiger partial charge in [-0.2, -0.15) is 5.10 Å². The van der Waals surface area contributed by atoms with E-state index in [2.05, 4.69) is 10.4 Å². The van der Waals surface area contributed by atoms with Crippen LogP contribution >= 0.6 is 11.3 Å². The highest BCUT2D eigenvalue weighted by atomic mass is 32.1. The minimum Gasteiger partial charge on any atom is -0.351 e. The number of carbonyl (C=O) groups excluding carboxylic acids is 2. The predicted octanol–water partition coefficient (Wildman–Crippen LogP) is 2.60. The lowest BCUT2D eigenvalue weighted by atomic mass is 10.1. The van der Waals surface area contributed by atoms with Crippen LogP contribution in [0.2, 0.25) is 0 Å². The number of rotatable bonds is 6. The molecular formula is C22H22N4O3S. The lowest BCUT2D eigenvalue weighted by molar-refractivity contribution is -0.121. The number of anilines is 1. The van der Waals surface area contributed by atoms with E-state index < -0.39 is 0 Å². The molecule has 2 amide bonds. The van der Waals surface area contributed by atoms with E-state index in [0.29, 0.717) is 6.54 Å². The van der Waals surface area contributed by atoms with E-state index in [4.69, 9.17) is 0 Å². The third-order valence-electron chi connectivity index (χ3n) is 5.10. The summed E-state index contributed by atoms with van der Waals surface area (Å²) >= 11 is 1.57. The topological polar surface area (TPSA) is 84.3 Å². The van der Waals surface area contributed by atoms with Gasteiger partial charge in [-0.05, 0) is 42.5 Å². The summed E-state index contributed by atoms with van der Waals surface area (Å²) in [7, 11) is 0. The molecule has 1 aliphatic heterocycles. The fourth-order valence-electron chi connectivity index (χ4n) is 3.62. The van der Waals surface area contributed by atoms with Gasteiger partial charge in [0.05, 0.1) is 13.1 Å². The Hall–Kier alpha value is -3.26. The van der Waals surface area contributed by atoms with E-state index in [0.717, 1.165) is 22.5 Å². The Morgan fingerprint density at radius 2 is 2.00 bits per heavy atom. The normalized spacial score (nSPS) is 15.1. The number of aryl methyl sites for hydroxylation is 1. The van der Waals surface area contributed by atoms with Crippen LogP contribution in [0.25, 0.3) is 0 Å². The highest BCUT2D eigenvalue weighted by Crippen LogP contribution is 2.32. The van der Waals surface area contributed by atoms with Crippen molar-refractivity contribution in [2.45, 2.75) is 38.9 Å². The molecule has 30 heavy (non-hydrogen) atoms. The Morgan fingerprint density at radius 3 is 2.80 bits per heavy atom. The third-order valence-corrected chi connectivity index (χ3v) is 5.98. The van der Waals surface area contributed by atoms with E-state index in [1.54, 1.807) is 16.2 Å². The zero-order chi connectivity index (χ0) is 21.1. The first kappa shape index (κ1) is 20.0. The first-order chi connectivity index (χ1) is 14.5. The summed E-state index contributed by atoms with van der Waals surface area (Å²) in [5.74, 6) is -0.417. The number of fused-ring (bicyclic) bond motifs is 1. The molecule has 0 saturated carbocycles. The van der Waals surface area contributed by atoms with Crippen molar-refractivity contribution in [3.8, 4) is 0 Å². The molecule has 3 heterocycles. The molecule has 7 nitrogen and oxygen atoms in total. The molecule has 4 rings (SSSR count). The van der Waals surface area contributed by atoms with Crippen molar-refractivity contribution in [3.05, 3.63) is 80.4 Å². The van der Waals surface area contributed by atoms with Crippen LogP contribution < -0.4 is 15.8 Å². The molecule has 0 saturated heterocycles. The molecule has 0 unspecified atom stereocenters. The molecule has 0 bridgehead atoms. The third kappa shape index (κ3) is 4.18. The lowest BCUT2D eigenvalue weighted by Gasteiger charge is -2.22. The maximum atomic E-state index is 13.1. The largest absolute Gasteiger partial charge is 0.351 e. The van der Waals surface area contributed by atoms with Crippen LogP contribution in [0.3, 0.4) is 0 Å². The summed E-state index contributed by atoms with van der Waals surface area (Å²) in [6, 6.07) is 14.5. The molecule has 0 aliphatic carbocycles. The smallest absolute Gasteiger partial charge is 0.278 e. The Labute approximate surface area is 178 Å². The van der Waals surface area contributed by atoms with Gasteiger partial charge in [-0.25, -0.2) is 4.68 Å². The Bertz CT molecular complexity index is 1120. The molecule has 1 atom stereocenters. The number of hydrogen-bond acceptors (Lipinski definition) is 5. The summed E-state index contributed by atoms with van der Waals surface area (Å²) in [6.45, 7) is 2.57. The monoisotopic (exact) mass is 422 g/mol. The van der Waals surface area contributed by atoms with Crippen molar-refractivity contribution < 1.29 is 9.59 Å². The highest BCUT2D eigenvalue weighted by molar-refractivity contribution is 7.09. The Balaban J connectivity index is 1.45. The van der Waals surface area contributed by atoms with Crippen molar-refractivity contribution in [3.63, 3.8) is 0 Å². The van der Waals surface area contributed by atoms with Crippen molar-refractivity contribution in [2.24, 2.45) is 0 Å². The second kappa shape index (κ2) is 8.62. The van der Waals surface area contributed by atoms with E-state index in [1.165, 1.54) is 16.8 Å². The van der Waals surface area contributed by atoms with Crippen molar-refractivity contribution >= 4 is 28.8 Å². The number of nitrogens with one attached hydrogen (secondary N) is 1. The molecule has 154 valence electrons. The van der Waals surface area contributed by atoms with Gasteiger partial charge in [0.15, 0.2) is 0 Å². The molecule has 0 radical (unpaired) electrons. The van der Waals surface area contributed by atoms with Crippen molar-refractivity contribution in [1.82, 2.24) is 15.1 Å². The number of para-hydroxylation sites is 1. The molecule has 1 aromatic carbocycles. The van der Waals surface area contributed by atoms with E-state index in [1.807, 2.05) is 48.7 Å². The summed E-state index contributed by atoms with van der Waals surface area (Å²) in [6.07, 6.45) is 0.894. The van der Waals surface area contributed by atoms with Crippen LogP contribution in [0.1, 0.15) is 34.3 Å². The highest BCUT2D eigenvalue weighted by Gasteiger charge is 2.32. The summed E-state index contributed by atoms with van der Waals surface area (Å²) in [4.78, 5) is 40.2. The Morgan fingerprint density at radius 1 is 1.17 bits per heavy atom. The number of hydrogen-bond donors (Lipinski definition) is 1. The second-order valence-corrected chi connectivity index (χ2v) is 8.28. The number of nitrogens with zero attached hydrogens (tertiary/aromatic N) is 3. The van der Waals surface area contributed by atoms with Gasteiger partial charge < -0.3 is 10.2 Å². The number of thiophene rings is 1. The fraction of sp³-hybridized carbons (Fsp3) is 0.273. The van der Waals surface area contributed by atoms with E-state index in [9.17, 15) is 14.4 Å². The standard InChI is InChI=1S/C22H22N4O3S/c1-15-13-16-5-2-3-7-19(16)26(15)22(29)18-8-9-21(28)25(24-18)11-10-20(27)23-14-17-6-4-12-30-17/h2-9,12,15H,10-11,13-14H2,1H3,(H,23,27)/t15-/m1/s1. The number of aromatic nitrogens is 2. The maximum Gasteiger partial charge on any atom is 0.278 e. The number of amides is 2. The molecule has 1 aliphatic rings. The van der Waals surface area contributed by atoms with E-state index >= 15 is 0 Å². The Kier molecular flexibility index (Phi) is 5.76. The van der Waals surface area contributed by atoms with Gasteiger partial charge in [0, 0.05) is 29.1 Å². The molecule has 1 N–H and O–H groups in total. The van der Waals surface area contributed by atoms with Gasteiger partial charge in [-0.3, -0.25) is 14.4 Å². The minimum atomic E-state index is -0.340. The molecule has 2 aromatic heterocycles. The minimum absolute atomic E-state index is 0.0140. The van der Waals surface area contributed by atoms with Crippen LogP contribution in [0.4, 0.5) is 5.69 Å². The zero-order valence-electron chi connectivity index (χ0n) is 16.6. The number of benzene rings is 1. The van der Waals surface area contributed by atoms with Crippen LogP contribution in [0, 0.1) is 0 Å². The van der Waals surface area contributed by atoms with Gasteiger partial charge in [-0.15, -0.1) is 11.3 Å². The van der Waals surface area contributed by atoms with Gasteiger partial charge in [0.2, 0.25) is 5.91 Å².